The number of hydrogen-bond donors (Lipinski definition) is 2. The third kappa shape index (κ3) is 1.56. The van der Waals surface area contributed by atoms with Crippen molar-refractivity contribution >= 4 is 0 Å². The van der Waals surface area contributed by atoms with Crippen LogP contribution in [0, 0.1) is 6.54 Å². The molecule has 2 nitrogen and oxygen atoms in total. The van der Waals surface area contributed by atoms with Crippen molar-refractivity contribution in [3.63, 3.8) is 0 Å². The Labute approximate surface area is 60.8 Å². The van der Waals surface area contributed by atoms with Gasteiger partial charge in [-0.2, -0.15) is 0 Å². The van der Waals surface area contributed by atoms with Crippen molar-refractivity contribution in [2.75, 3.05) is 0 Å². The maximum absolute atomic E-state index is 5.40. The van der Waals surface area contributed by atoms with Crippen LogP contribution in [-0.4, -0.2) is 0 Å². The fourth-order valence-electron chi connectivity index (χ4n) is 0.765. The van der Waals surface area contributed by atoms with Gasteiger partial charge in [-0.1, -0.05) is 24.3 Å². The van der Waals surface area contributed by atoms with Crippen molar-refractivity contribution in [1.29, 1.82) is 0 Å². The van der Waals surface area contributed by atoms with Crippen LogP contribution in [0.15, 0.2) is 24.3 Å². The van der Waals surface area contributed by atoms with Crippen molar-refractivity contribution in [1.82, 2.24) is 0 Å². The first-order chi connectivity index (χ1) is 4.86. The summed E-state index contributed by atoms with van der Waals surface area (Å²) in [6.45, 7) is 2.16. The Balaban J connectivity index is 2.80. The van der Waals surface area contributed by atoms with E-state index in [0.717, 1.165) is 11.1 Å². The van der Waals surface area contributed by atoms with Gasteiger partial charge in [0.1, 0.15) is 0 Å². The number of rotatable bonds is 2. The van der Waals surface area contributed by atoms with E-state index < -0.39 is 0 Å². The highest BCUT2D eigenvalue weighted by atomic mass is 14.5. The largest absolute Gasteiger partial charge is 0.326 e. The molecule has 0 unspecified atom stereocenters. The van der Waals surface area contributed by atoms with Crippen LogP contribution in [-0.2, 0) is 6.54 Å². The lowest BCUT2D eigenvalue weighted by molar-refractivity contribution is 1.07. The van der Waals surface area contributed by atoms with E-state index in [1.807, 2.05) is 24.3 Å². The normalized spacial score (nSPS) is 9.80. The van der Waals surface area contributed by atoms with Gasteiger partial charge in [0.15, 0.2) is 0 Å². The summed E-state index contributed by atoms with van der Waals surface area (Å²) in [6.07, 6.45) is 0. The summed E-state index contributed by atoms with van der Waals surface area (Å²) in [7, 11) is 0. The standard InChI is InChI=1S/C8H11N2/c9-5-7-1-2-8(6-10)4-3-7/h1-5H,6,9-10H2. The van der Waals surface area contributed by atoms with Gasteiger partial charge in [-0.15, -0.1) is 0 Å². The molecule has 0 aromatic heterocycles. The van der Waals surface area contributed by atoms with Crippen LogP contribution in [0.25, 0.3) is 0 Å². The Morgan fingerprint density at radius 2 is 1.80 bits per heavy atom. The summed E-state index contributed by atoms with van der Waals surface area (Å²) >= 11 is 0. The van der Waals surface area contributed by atoms with E-state index in [4.69, 9.17) is 11.5 Å². The molecule has 0 aliphatic heterocycles. The van der Waals surface area contributed by atoms with Crippen LogP contribution in [0.3, 0.4) is 0 Å². The molecule has 4 N–H and O–H groups in total. The van der Waals surface area contributed by atoms with Gasteiger partial charge in [0.05, 0.1) is 0 Å². The third-order valence-corrected chi connectivity index (χ3v) is 1.41. The van der Waals surface area contributed by atoms with Crippen molar-refractivity contribution in [2.45, 2.75) is 6.54 Å². The second kappa shape index (κ2) is 3.34. The van der Waals surface area contributed by atoms with Crippen LogP contribution in [0.2, 0.25) is 0 Å². The number of nitrogens with two attached hydrogens (primary N) is 2. The van der Waals surface area contributed by atoms with E-state index in [9.17, 15) is 0 Å². The summed E-state index contributed by atoms with van der Waals surface area (Å²) in [5.74, 6) is 0. The molecule has 0 bridgehead atoms. The minimum absolute atomic E-state index is 0.588. The molecule has 0 atom stereocenters. The maximum atomic E-state index is 5.40. The third-order valence-electron chi connectivity index (χ3n) is 1.41. The Bertz CT molecular complexity index is 168. The zero-order valence-corrected chi connectivity index (χ0v) is 5.75. The van der Waals surface area contributed by atoms with E-state index in [2.05, 4.69) is 0 Å². The maximum Gasteiger partial charge on any atom is 0.0491 e. The SMILES string of the molecule is N[CH]c1ccc(CN)cc1. The summed E-state index contributed by atoms with van der Waals surface area (Å²) in [6, 6.07) is 7.84. The van der Waals surface area contributed by atoms with Gasteiger partial charge in [-0.3, -0.25) is 0 Å². The minimum atomic E-state index is 0.588. The fraction of sp³-hybridized carbons (Fsp3) is 0.125. The molecule has 53 valence electrons. The molecule has 10 heavy (non-hydrogen) atoms. The van der Waals surface area contributed by atoms with Gasteiger partial charge < -0.3 is 11.5 Å². The second-order valence-corrected chi connectivity index (χ2v) is 2.11. The van der Waals surface area contributed by atoms with Crippen molar-refractivity contribution in [3.05, 3.63) is 41.9 Å². The van der Waals surface area contributed by atoms with E-state index in [-0.39, 0.29) is 0 Å². The summed E-state index contributed by atoms with van der Waals surface area (Å²) < 4.78 is 0. The average molecular weight is 135 g/mol. The molecule has 0 aliphatic carbocycles. The Morgan fingerprint density at radius 3 is 2.20 bits per heavy atom. The van der Waals surface area contributed by atoms with Crippen LogP contribution in [0.4, 0.5) is 0 Å². The molecule has 0 saturated carbocycles. The molecule has 1 aromatic rings. The molecule has 1 rings (SSSR count). The molecule has 0 amide bonds. The first-order valence-electron chi connectivity index (χ1n) is 3.21. The van der Waals surface area contributed by atoms with E-state index in [1.165, 1.54) is 0 Å². The highest BCUT2D eigenvalue weighted by molar-refractivity contribution is 5.26. The summed E-state index contributed by atoms with van der Waals surface area (Å²) in [5.41, 5.74) is 12.8. The fourth-order valence-corrected chi connectivity index (χ4v) is 0.765. The molecule has 2 heteroatoms. The van der Waals surface area contributed by atoms with Gasteiger partial charge >= 0.3 is 0 Å². The van der Waals surface area contributed by atoms with Crippen LogP contribution in [0.1, 0.15) is 11.1 Å². The smallest absolute Gasteiger partial charge is 0.0491 e. The van der Waals surface area contributed by atoms with E-state index in [1.54, 1.807) is 6.54 Å². The molecular weight excluding hydrogens is 124 g/mol. The molecular formula is C8H11N2. The zero-order valence-electron chi connectivity index (χ0n) is 5.75. The molecule has 0 heterocycles. The lowest BCUT2D eigenvalue weighted by atomic mass is 10.1. The lowest BCUT2D eigenvalue weighted by Crippen LogP contribution is -1.97. The van der Waals surface area contributed by atoms with Crippen molar-refractivity contribution < 1.29 is 0 Å². The van der Waals surface area contributed by atoms with E-state index >= 15 is 0 Å². The Kier molecular flexibility index (Phi) is 2.42. The summed E-state index contributed by atoms with van der Waals surface area (Å²) in [4.78, 5) is 0. The van der Waals surface area contributed by atoms with Crippen LogP contribution in [0.5, 0.6) is 0 Å². The Morgan fingerprint density at radius 1 is 1.20 bits per heavy atom. The van der Waals surface area contributed by atoms with Crippen LogP contribution >= 0.6 is 0 Å². The first kappa shape index (κ1) is 7.25. The predicted octanol–water partition coefficient (Wildman–Crippen LogP) is 0.614. The topological polar surface area (TPSA) is 52.0 Å². The second-order valence-electron chi connectivity index (χ2n) is 2.11. The number of hydrogen-bond acceptors (Lipinski definition) is 2. The predicted molar refractivity (Wildman–Crippen MR) is 41.9 cm³/mol. The van der Waals surface area contributed by atoms with Gasteiger partial charge in [0.25, 0.3) is 0 Å². The minimum Gasteiger partial charge on any atom is -0.326 e. The highest BCUT2D eigenvalue weighted by Crippen LogP contribution is 2.02. The van der Waals surface area contributed by atoms with Gasteiger partial charge in [-0.05, 0) is 11.1 Å². The van der Waals surface area contributed by atoms with Gasteiger partial charge in [0, 0.05) is 13.1 Å². The molecule has 0 aliphatic rings. The van der Waals surface area contributed by atoms with Gasteiger partial charge in [-0.25, -0.2) is 0 Å². The molecule has 1 radical (unpaired) electrons. The summed E-state index contributed by atoms with van der Waals surface area (Å²) in [5, 5.41) is 0. The molecule has 0 fully saturated rings. The molecule has 0 saturated heterocycles. The van der Waals surface area contributed by atoms with Crippen molar-refractivity contribution in [3.8, 4) is 0 Å². The number of benzene rings is 1. The quantitative estimate of drug-likeness (QED) is 0.624. The Hall–Kier alpha value is -0.860. The highest BCUT2D eigenvalue weighted by Gasteiger charge is 1.88. The van der Waals surface area contributed by atoms with Crippen molar-refractivity contribution in [2.24, 2.45) is 11.5 Å². The van der Waals surface area contributed by atoms with Gasteiger partial charge in [0.2, 0.25) is 0 Å². The first-order valence-corrected chi connectivity index (χ1v) is 3.21. The lowest BCUT2D eigenvalue weighted by Gasteiger charge is -1.97. The van der Waals surface area contributed by atoms with Crippen LogP contribution < -0.4 is 11.5 Å². The average Bonchev–Trinajstić information content (AvgIpc) is 2.05. The molecule has 1 aromatic carbocycles. The zero-order chi connectivity index (χ0) is 7.40. The molecule has 0 spiro atoms. The monoisotopic (exact) mass is 135 g/mol. The van der Waals surface area contributed by atoms with E-state index in [0.29, 0.717) is 6.54 Å².